The van der Waals surface area contributed by atoms with Gasteiger partial charge >= 0.3 is 0 Å². The van der Waals surface area contributed by atoms with Crippen LogP contribution in [-0.2, 0) is 0 Å². The quantitative estimate of drug-likeness (QED) is 0.653. The lowest BCUT2D eigenvalue weighted by Gasteiger charge is -2.00. The molecule has 0 radical (unpaired) electrons. The van der Waals surface area contributed by atoms with Crippen LogP contribution in [0.3, 0.4) is 0 Å². The molecule has 0 fully saturated rings. The van der Waals surface area contributed by atoms with E-state index >= 15 is 0 Å². The van der Waals surface area contributed by atoms with E-state index in [1.807, 2.05) is 48.5 Å². The summed E-state index contributed by atoms with van der Waals surface area (Å²) in [7, 11) is 0. The lowest BCUT2D eigenvalue weighted by Crippen LogP contribution is -1.81. The molecule has 0 N–H and O–H groups in total. The second-order valence-electron chi connectivity index (χ2n) is 3.81. The largest absolute Gasteiger partial charge is 0.363 e. The lowest BCUT2D eigenvalue weighted by atomic mass is 10.0. The van der Waals surface area contributed by atoms with E-state index in [1.165, 1.54) is 0 Å². The summed E-state index contributed by atoms with van der Waals surface area (Å²) in [6.45, 7) is 0. The van der Waals surface area contributed by atoms with E-state index in [0.717, 1.165) is 22.4 Å². The van der Waals surface area contributed by atoms with Gasteiger partial charge in [-0.2, -0.15) is 0 Å². The predicted octanol–water partition coefficient (Wildman–Crippen LogP) is 4.01. The Hall–Kier alpha value is -2.35. The van der Waals surface area contributed by atoms with Crippen LogP contribution in [0, 0.1) is 0 Å². The maximum Gasteiger partial charge on any atom is 0.132 e. The standard InChI is InChI=1S/C15H11NO/c1-3-7-12(8-4-1)14-11-17-16-15(14)13-9-5-2-6-10-13/h1-11H. The summed E-state index contributed by atoms with van der Waals surface area (Å²) in [6, 6.07) is 20.2. The molecule has 82 valence electrons. The first kappa shape index (κ1) is 9.85. The van der Waals surface area contributed by atoms with Gasteiger partial charge in [-0.1, -0.05) is 65.8 Å². The Morgan fingerprint density at radius 3 is 1.94 bits per heavy atom. The van der Waals surface area contributed by atoms with Crippen molar-refractivity contribution >= 4 is 0 Å². The smallest absolute Gasteiger partial charge is 0.132 e. The van der Waals surface area contributed by atoms with Gasteiger partial charge in [0.25, 0.3) is 0 Å². The van der Waals surface area contributed by atoms with Gasteiger partial charge in [-0.15, -0.1) is 0 Å². The molecule has 0 amide bonds. The highest BCUT2D eigenvalue weighted by Crippen LogP contribution is 2.30. The van der Waals surface area contributed by atoms with Crippen LogP contribution in [0.4, 0.5) is 0 Å². The summed E-state index contributed by atoms with van der Waals surface area (Å²) in [6.07, 6.45) is 1.69. The van der Waals surface area contributed by atoms with E-state index in [2.05, 4.69) is 17.3 Å². The molecule has 0 spiro atoms. The second kappa shape index (κ2) is 4.26. The minimum atomic E-state index is 0.886. The number of nitrogens with zero attached hydrogens (tertiary/aromatic N) is 1. The Bertz CT molecular complexity index is 545. The first-order valence-electron chi connectivity index (χ1n) is 5.50. The predicted molar refractivity (Wildman–Crippen MR) is 67.4 cm³/mol. The lowest BCUT2D eigenvalue weighted by molar-refractivity contribution is 0.422. The van der Waals surface area contributed by atoms with E-state index in [4.69, 9.17) is 4.52 Å². The zero-order valence-corrected chi connectivity index (χ0v) is 9.21. The summed E-state index contributed by atoms with van der Waals surface area (Å²) in [5.41, 5.74) is 4.10. The molecule has 2 aromatic carbocycles. The molecule has 0 bridgehead atoms. The van der Waals surface area contributed by atoms with Gasteiger partial charge in [0.15, 0.2) is 0 Å². The first-order valence-corrected chi connectivity index (χ1v) is 5.50. The van der Waals surface area contributed by atoms with Crippen molar-refractivity contribution in [2.75, 3.05) is 0 Å². The third kappa shape index (κ3) is 1.85. The van der Waals surface area contributed by atoms with Crippen LogP contribution in [0.25, 0.3) is 22.4 Å². The monoisotopic (exact) mass is 221 g/mol. The molecule has 0 aliphatic heterocycles. The van der Waals surface area contributed by atoms with Crippen molar-refractivity contribution in [2.45, 2.75) is 0 Å². The molecule has 0 aliphatic rings. The SMILES string of the molecule is c1ccc(-c2conc2-c2ccccc2)cc1. The van der Waals surface area contributed by atoms with Gasteiger partial charge in [-0.3, -0.25) is 0 Å². The molecule has 0 atom stereocenters. The van der Waals surface area contributed by atoms with E-state index in [1.54, 1.807) is 6.26 Å². The Kier molecular flexibility index (Phi) is 2.47. The van der Waals surface area contributed by atoms with Gasteiger partial charge in [0.2, 0.25) is 0 Å². The molecule has 2 nitrogen and oxygen atoms in total. The average Bonchev–Trinajstić information content (AvgIpc) is 2.90. The normalized spacial score (nSPS) is 10.4. The van der Waals surface area contributed by atoms with Crippen molar-refractivity contribution < 1.29 is 4.52 Å². The minimum absolute atomic E-state index is 0.886. The van der Waals surface area contributed by atoms with Crippen LogP contribution < -0.4 is 0 Å². The Labute approximate surface area is 99.5 Å². The van der Waals surface area contributed by atoms with Crippen LogP contribution in [0.5, 0.6) is 0 Å². The zero-order valence-electron chi connectivity index (χ0n) is 9.21. The van der Waals surface area contributed by atoms with Gasteiger partial charge in [0.1, 0.15) is 12.0 Å². The van der Waals surface area contributed by atoms with Gasteiger partial charge < -0.3 is 4.52 Å². The number of benzene rings is 2. The first-order chi connectivity index (χ1) is 8.45. The summed E-state index contributed by atoms with van der Waals surface area (Å²) in [5.74, 6) is 0. The molecule has 2 heteroatoms. The highest BCUT2D eigenvalue weighted by molar-refractivity contribution is 5.79. The number of hydrogen-bond donors (Lipinski definition) is 0. The molecule has 0 unspecified atom stereocenters. The van der Waals surface area contributed by atoms with Crippen molar-refractivity contribution in [1.29, 1.82) is 0 Å². The topological polar surface area (TPSA) is 26.0 Å². The highest BCUT2D eigenvalue weighted by Gasteiger charge is 2.10. The number of hydrogen-bond acceptors (Lipinski definition) is 2. The van der Waals surface area contributed by atoms with E-state index in [-0.39, 0.29) is 0 Å². The fraction of sp³-hybridized carbons (Fsp3) is 0. The van der Waals surface area contributed by atoms with Crippen LogP contribution in [0.1, 0.15) is 0 Å². The summed E-state index contributed by atoms with van der Waals surface area (Å²) in [4.78, 5) is 0. The molecule has 0 saturated carbocycles. The van der Waals surface area contributed by atoms with Crippen LogP contribution in [0.2, 0.25) is 0 Å². The van der Waals surface area contributed by atoms with E-state index < -0.39 is 0 Å². The van der Waals surface area contributed by atoms with Gasteiger partial charge in [-0.25, -0.2) is 0 Å². The molecule has 0 saturated heterocycles. The average molecular weight is 221 g/mol. The van der Waals surface area contributed by atoms with Crippen molar-refractivity contribution in [1.82, 2.24) is 5.16 Å². The summed E-state index contributed by atoms with van der Waals surface area (Å²) in [5, 5.41) is 4.09. The number of rotatable bonds is 2. The molecule has 3 rings (SSSR count). The molecule has 17 heavy (non-hydrogen) atoms. The van der Waals surface area contributed by atoms with Crippen molar-refractivity contribution in [3.63, 3.8) is 0 Å². The van der Waals surface area contributed by atoms with Gasteiger partial charge in [-0.05, 0) is 5.56 Å². The molecular weight excluding hydrogens is 210 g/mol. The van der Waals surface area contributed by atoms with Gasteiger partial charge in [0, 0.05) is 11.1 Å². The summed E-state index contributed by atoms with van der Waals surface area (Å²) >= 11 is 0. The van der Waals surface area contributed by atoms with Crippen molar-refractivity contribution in [3.05, 3.63) is 66.9 Å². The van der Waals surface area contributed by atoms with Crippen LogP contribution >= 0.6 is 0 Å². The van der Waals surface area contributed by atoms with Crippen molar-refractivity contribution in [3.8, 4) is 22.4 Å². The molecule has 0 aliphatic carbocycles. The van der Waals surface area contributed by atoms with E-state index in [0.29, 0.717) is 0 Å². The minimum Gasteiger partial charge on any atom is -0.363 e. The second-order valence-corrected chi connectivity index (χ2v) is 3.81. The fourth-order valence-electron chi connectivity index (χ4n) is 1.86. The Morgan fingerprint density at radius 2 is 1.29 bits per heavy atom. The number of aromatic nitrogens is 1. The summed E-state index contributed by atoms with van der Waals surface area (Å²) < 4.78 is 5.10. The molecule has 3 aromatic rings. The van der Waals surface area contributed by atoms with Gasteiger partial charge in [0.05, 0.1) is 0 Å². The van der Waals surface area contributed by atoms with Crippen LogP contribution in [-0.4, -0.2) is 5.16 Å². The maximum absolute atomic E-state index is 5.10. The zero-order chi connectivity index (χ0) is 11.5. The molecular formula is C15H11NO. The molecule has 1 aromatic heterocycles. The maximum atomic E-state index is 5.10. The van der Waals surface area contributed by atoms with Crippen LogP contribution in [0.15, 0.2) is 71.4 Å². The Morgan fingerprint density at radius 1 is 0.706 bits per heavy atom. The molecule has 1 heterocycles. The third-order valence-electron chi connectivity index (χ3n) is 2.70. The van der Waals surface area contributed by atoms with E-state index in [9.17, 15) is 0 Å². The highest BCUT2D eigenvalue weighted by atomic mass is 16.5. The Balaban J connectivity index is 2.13. The fourth-order valence-corrected chi connectivity index (χ4v) is 1.86. The third-order valence-corrected chi connectivity index (χ3v) is 2.70. The van der Waals surface area contributed by atoms with Crippen molar-refractivity contribution in [2.24, 2.45) is 0 Å².